The lowest BCUT2D eigenvalue weighted by Gasteiger charge is -2.36. The fourth-order valence-corrected chi connectivity index (χ4v) is 3.56. The third-order valence-electron chi connectivity index (χ3n) is 5.05. The molecule has 1 N–H and O–H groups in total. The summed E-state index contributed by atoms with van der Waals surface area (Å²) in [5.41, 5.74) is 0.687. The summed E-state index contributed by atoms with van der Waals surface area (Å²) in [5, 5.41) is 0.868. The zero-order valence-corrected chi connectivity index (χ0v) is 20.3. The summed E-state index contributed by atoms with van der Waals surface area (Å²) in [7, 11) is 0. The van der Waals surface area contributed by atoms with Gasteiger partial charge in [-0.2, -0.15) is 13.2 Å². The quantitative estimate of drug-likeness (QED) is 0.419. The molecule has 0 saturated carbocycles. The van der Waals surface area contributed by atoms with Crippen molar-refractivity contribution in [3.05, 3.63) is 59.8 Å². The Morgan fingerprint density at radius 2 is 1.62 bits per heavy atom. The Kier molecular flexibility index (Phi) is 6.92. The number of aromatic amines is 1. The molecule has 0 radical (unpaired) electrons. The molecule has 8 heteroatoms. The predicted octanol–water partition coefficient (Wildman–Crippen LogP) is 7.35. The van der Waals surface area contributed by atoms with Crippen molar-refractivity contribution in [3.8, 4) is 5.75 Å². The van der Waals surface area contributed by atoms with Crippen molar-refractivity contribution in [1.29, 1.82) is 0 Å². The number of rotatable bonds is 5. The molecule has 1 aromatic heterocycles. The molecule has 5 nitrogen and oxygen atoms in total. The molecule has 1 amide bonds. The van der Waals surface area contributed by atoms with E-state index >= 15 is 0 Å². The van der Waals surface area contributed by atoms with Gasteiger partial charge in [0.2, 0.25) is 0 Å². The molecule has 3 rings (SSSR count). The van der Waals surface area contributed by atoms with Gasteiger partial charge in [0, 0.05) is 29.1 Å². The van der Waals surface area contributed by atoms with Crippen LogP contribution < -0.4 is 9.64 Å². The highest BCUT2D eigenvalue weighted by Crippen LogP contribution is 2.34. The molecule has 0 saturated heterocycles. The van der Waals surface area contributed by atoms with Crippen molar-refractivity contribution in [2.45, 2.75) is 65.3 Å². The number of carbonyl (C=O) groups is 1. The summed E-state index contributed by atoms with van der Waals surface area (Å²) in [4.78, 5) is 17.9. The van der Waals surface area contributed by atoms with Crippen LogP contribution in [0.15, 0.2) is 48.7 Å². The maximum atomic E-state index is 13.0. The number of alkyl halides is 3. The smallest absolute Gasteiger partial charge is 0.416 e. The number of fused-ring (bicyclic) bond motifs is 1. The van der Waals surface area contributed by atoms with E-state index in [9.17, 15) is 18.0 Å². The highest BCUT2D eigenvalue weighted by Gasteiger charge is 2.34. The van der Waals surface area contributed by atoms with Gasteiger partial charge in [0.1, 0.15) is 11.4 Å². The Morgan fingerprint density at radius 1 is 0.971 bits per heavy atom. The van der Waals surface area contributed by atoms with Gasteiger partial charge in [-0.1, -0.05) is 6.07 Å². The van der Waals surface area contributed by atoms with Crippen LogP contribution in [0.3, 0.4) is 0 Å². The number of H-pyrrole nitrogens is 1. The fraction of sp³-hybridized carbons (Fsp3) is 0.423. The summed E-state index contributed by atoms with van der Waals surface area (Å²) in [5.74, 6) is 0.375. The normalized spacial score (nSPS) is 12.6. The van der Waals surface area contributed by atoms with E-state index in [1.165, 1.54) is 12.1 Å². The second-order valence-corrected chi connectivity index (χ2v) is 10.2. The van der Waals surface area contributed by atoms with Crippen molar-refractivity contribution in [2.24, 2.45) is 0 Å². The van der Waals surface area contributed by atoms with Gasteiger partial charge in [-0.05, 0) is 83.5 Å². The number of nitrogens with one attached hydrogen (secondary N) is 1. The molecule has 0 aliphatic heterocycles. The van der Waals surface area contributed by atoms with Gasteiger partial charge in [-0.3, -0.25) is 4.90 Å². The van der Waals surface area contributed by atoms with Crippen molar-refractivity contribution >= 4 is 22.7 Å². The van der Waals surface area contributed by atoms with Crippen molar-refractivity contribution in [1.82, 2.24) is 4.98 Å². The Balaban J connectivity index is 1.78. The Bertz CT molecular complexity index is 1140. The molecular formula is C26H31F3N2O3. The van der Waals surface area contributed by atoms with Crippen LogP contribution in [0.25, 0.3) is 10.9 Å². The summed E-state index contributed by atoms with van der Waals surface area (Å²) in [6.07, 6.45) is -2.47. The van der Waals surface area contributed by atoms with Gasteiger partial charge in [-0.15, -0.1) is 0 Å². The van der Waals surface area contributed by atoms with Crippen LogP contribution in [0, 0.1) is 0 Å². The number of carbonyl (C=O) groups excluding carboxylic acids is 1. The van der Waals surface area contributed by atoms with Crippen LogP contribution in [0.2, 0.25) is 0 Å². The van der Waals surface area contributed by atoms with Crippen LogP contribution in [0.5, 0.6) is 5.75 Å². The maximum Gasteiger partial charge on any atom is 0.416 e. The SMILES string of the molecule is CC(C)(C)OC(=O)N(c1c[nH]c2ccc(CCOc3ccc(C(F)(F)F)cc3)cc12)C(C)(C)C. The average molecular weight is 477 g/mol. The van der Waals surface area contributed by atoms with E-state index in [2.05, 4.69) is 4.98 Å². The first-order valence-electron chi connectivity index (χ1n) is 11.1. The van der Waals surface area contributed by atoms with Gasteiger partial charge >= 0.3 is 12.3 Å². The lowest BCUT2D eigenvalue weighted by atomic mass is 10.0. The Morgan fingerprint density at radius 3 is 2.18 bits per heavy atom. The summed E-state index contributed by atoms with van der Waals surface area (Å²) in [6.45, 7) is 11.6. The van der Waals surface area contributed by atoms with Crippen LogP contribution >= 0.6 is 0 Å². The number of anilines is 1. The van der Waals surface area contributed by atoms with E-state index in [-0.39, 0.29) is 0 Å². The zero-order valence-electron chi connectivity index (χ0n) is 20.3. The highest BCUT2D eigenvalue weighted by molar-refractivity contribution is 6.02. The fourth-order valence-electron chi connectivity index (χ4n) is 3.56. The Labute approximate surface area is 197 Å². The first-order chi connectivity index (χ1) is 15.6. The van der Waals surface area contributed by atoms with Gasteiger partial charge in [0.15, 0.2) is 0 Å². The summed E-state index contributed by atoms with van der Waals surface area (Å²) < 4.78 is 49.4. The third-order valence-corrected chi connectivity index (χ3v) is 5.05. The van der Waals surface area contributed by atoms with E-state index in [4.69, 9.17) is 9.47 Å². The van der Waals surface area contributed by atoms with Gasteiger partial charge in [-0.25, -0.2) is 4.79 Å². The second-order valence-electron chi connectivity index (χ2n) is 10.2. The van der Waals surface area contributed by atoms with Crippen LogP contribution in [-0.2, 0) is 17.3 Å². The first kappa shape index (κ1) is 25.5. The number of hydrogen-bond acceptors (Lipinski definition) is 3. The molecule has 0 unspecified atom stereocenters. The van der Waals surface area contributed by atoms with Crippen molar-refractivity contribution in [2.75, 3.05) is 11.5 Å². The largest absolute Gasteiger partial charge is 0.493 e. The molecule has 0 atom stereocenters. The molecule has 34 heavy (non-hydrogen) atoms. The molecule has 2 aromatic carbocycles. The summed E-state index contributed by atoms with van der Waals surface area (Å²) in [6, 6.07) is 10.5. The van der Waals surface area contributed by atoms with E-state index in [0.717, 1.165) is 28.6 Å². The van der Waals surface area contributed by atoms with Crippen LogP contribution in [0.1, 0.15) is 52.7 Å². The average Bonchev–Trinajstić information content (AvgIpc) is 3.08. The number of benzene rings is 2. The van der Waals surface area contributed by atoms with Crippen LogP contribution in [-0.4, -0.2) is 28.8 Å². The lowest BCUT2D eigenvalue weighted by molar-refractivity contribution is -0.137. The maximum absolute atomic E-state index is 13.0. The van der Waals surface area contributed by atoms with E-state index < -0.39 is 29.0 Å². The van der Waals surface area contributed by atoms with Gasteiger partial charge in [0.25, 0.3) is 0 Å². The monoisotopic (exact) mass is 476 g/mol. The third kappa shape index (κ3) is 6.24. The number of aromatic nitrogens is 1. The standard InChI is InChI=1S/C26H31F3N2O3/c1-24(2,3)31(23(32)34-25(4,5)6)22-16-30-21-12-7-17(15-20(21)22)13-14-33-19-10-8-18(9-11-19)26(27,28)29/h7-12,15-16,30H,13-14H2,1-6H3. The number of halogens is 3. The molecule has 0 bridgehead atoms. The molecule has 1 heterocycles. The zero-order chi connectivity index (χ0) is 25.3. The lowest BCUT2D eigenvalue weighted by Crippen LogP contribution is -2.48. The molecule has 0 fully saturated rings. The molecule has 0 aliphatic carbocycles. The highest BCUT2D eigenvalue weighted by atomic mass is 19.4. The topological polar surface area (TPSA) is 54.6 Å². The molecule has 0 aliphatic rings. The van der Waals surface area contributed by atoms with E-state index in [0.29, 0.717) is 24.5 Å². The second kappa shape index (κ2) is 9.24. The molecular weight excluding hydrogens is 445 g/mol. The minimum absolute atomic E-state index is 0.297. The minimum Gasteiger partial charge on any atom is -0.493 e. The van der Waals surface area contributed by atoms with E-state index in [1.54, 1.807) is 11.1 Å². The number of ether oxygens (including phenoxy) is 2. The van der Waals surface area contributed by atoms with Crippen molar-refractivity contribution in [3.63, 3.8) is 0 Å². The van der Waals surface area contributed by atoms with Crippen LogP contribution in [0.4, 0.5) is 23.7 Å². The van der Waals surface area contributed by atoms with Crippen molar-refractivity contribution < 1.29 is 27.4 Å². The van der Waals surface area contributed by atoms with Gasteiger partial charge < -0.3 is 14.5 Å². The van der Waals surface area contributed by atoms with E-state index in [1.807, 2.05) is 59.7 Å². The molecule has 3 aromatic rings. The predicted molar refractivity (Wildman–Crippen MR) is 127 cm³/mol. The number of hydrogen-bond donors (Lipinski definition) is 1. The number of nitrogens with zero attached hydrogens (tertiary/aromatic N) is 1. The van der Waals surface area contributed by atoms with Gasteiger partial charge in [0.05, 0.1) is 17.9 Å². The molecule has 0 spiro atoms. The first-order valence-corrected chi connectivity index (χ1v) is 11.1. The minimum atomic E-state index is -4.37. The summed E-state index contributed by atoms with van der Waals surface area (Å²) >= 11 is 0. The number of amides is 1. The molecule has 184 valence electrons. The Hall–Kier alpha value is -3.16.